The van der Waals surface area contributed by atoms with Crippen LogP contribution in [0.3, 0.4) is 0 Å². The number of rotatable bonds is 2. The van der Waals surface area contributed by atoms with Crippen LogP contribution in [-0.4, -0.2) is 26.2 Å². The first-order chi connectivity index (χ1) is 32.2. The van der Waals surface area contributed by atoms with Crippen LogP contribution < -0.4 is 9.34 Å². The molecule has 1 saturated heterocycles. The van der Waals surface area contributed by atoms with Crippen molar-refractivity contribution in [3.05, 3.63) is 144 Å². The molecule has 3 heterocycles. The molecule has 0 atom stereocenters. The third-order valence-corrected chi connectivity index (χ3v) is 17.4. The van der Waals surface area contributed by atoms with Gasteiger partial charge in [-0.3, -0.25) is 0 Å². The summed E-state index contributed by atoms with van der Waals surface area (Å²) in [6.45, 7) is 30.2. The number of fused-ring (bicyclic) bond motifs is 14. The van der Waals surface area contributed by atoms with Gasteiger partial charge in [0.15, 0.2) is 0 Å². The van der Waals surface area contributed by atoms with Crippen molar-refractivity contribution in [2.45, 2.75) is 105 Å². The Kier molecular flexibility index (Phi) is 10.6. The van der Waals surface area contributed by atoms with Gasteiger partial charge in [0.05, 0.1) is 0 Å². The third-order valence-electron chi connectivity index (χ3n) is 14.3. The highest BCUT2D eigenvalue weighted by molar-refractivity contribution is 7.39. The molecule has 1 aliphatic rings. The highest BCUT2D eigenvalue weighted by Crippen LogP contribution is 2.46. The fourth-order valence-corrected chi connectivity index (χ4v) is 12.9. The molecule has 10 aromatic rings. The lowest BCUT2D eigenvalue weighted by atomic mass is 9.84. The molecular weight excluding hydrogens is 875 g/mol. The van der Waals surface area contributed by atoms with Gasteiger partial charge in [0.25, 0.3) is 0 Å². The molecule has 0 aliphatic carbocycles. The summed E-state index contributed by atoms with van der Waals surface area (Å²) in [6.07, 6.45) is 0. The fourth-order valence-electron chi connectivity index (χ4n) is 10.1. The van der Waals surface area contributed by atoms with Crippen LogP contribution in [0.25, 0.3) is 87.0 Å². The lowest BCUT2D eigenvalue weighted by molar-refractivity contribution is 0.582. The van der Waals surface area contributed by atoms with E-state index < -0.39 is 16.3 Å². The Hall–Kier alpha value is -5.48. The summed E-state index contributed by atoms with van der Waals surface area (Å²) in [5.41, 5.74) is 8.79. The standard InChI is InChI=1S/C60H64N2O4P2/c1-57(2,3)41-17-21-45-37(33-41)13-25-49-53(45)54-46-22-18-42(58(4,5)6)34-38(46)14-26-50(54)64-67(63-49)61-29-31-62(32-30-61)68-65-51-27-15-39-35-43(59(7,8)9)19-23-47(39)55(51)56-48-24-20-44(60(10,11)12)36-40(48)16-28-52(56)66-68/h13-28,33-36H,29-32H2,1-12H3. The van der Waals surface area contributed by atoms with E-state index in [1.165, 1.54) is 65.3 Å². The van der Waals surface area contributed by atoms with Crippen LogP contribution in [-0.2, 0) is 21.7 Å². The summed E-state index contributed by atoms with van der Waals surface area (Å²) >= 11 is 0. The van der Waals surface area contributed by atoms with Crippen molar-refractivity contribution in [2.24, 2.45) is 0 Å². The number of piperazine rings is 1. The second-order valence-corrected chi connectivity index (χ2v) is 26.1. The maximum absolute atomic E-state index is 7.14. The number of hydrogen-bond acceptors (Lipinski definition) is 6. The molecule has 0 bridgehead atoms. The highest BCUT2D eigenvalue weighted by atomic mass is 31.1. The van der Waals surface area contributed by atoms with Gasteiger partial charge in [-0.2, -0.15) is 0 Å². The minimum atomic E-state index is -1.51. The lowest BCUT2D eigenvalue weighted by Crippen LogP contribution is -2.44. The van der Waals surface area contributed by atoms with Crippen LogP contribution in [0.4, 0.5) is 0 Å². The second-order valence-electron chi connectivity index (χ2n) is 23.2. The normalized spacial score (nSPS) is 15.0. The van der Waals surface area contributed by atoms with Crippen LogP contribution in [0.15, 0.2) is 138 Å². The minimum absolute atomic E-state index is 0.0294. The molecule has 0 spiro atoms. The zero-order chi connectivity index (χ0) is 47.7. The van der Waals surface area contributed by atoms with Gasteiger partial charge in [0.2, 0.25) is 0 Å². The van der Waals surface area contributed by atoms with Gasteiger partial charge in [0.1, 0.15) is 22.3 Å². The van der Waals surface area contributed by atoms with E-state index in [-0.39, 0.29) is 21.7 Å². The molecule has 8 aromatic carbocycles. The summed E-state index contributed by atoms with van der Waals surface area (Å²) in [4.78, 5) is 0. The van der Waals surface area contributed by atoms with Crippen molar-refractivity contribution < 1.29 is 16.8 Å². The van der Waals surface area contributed by atoms with Crippen molar-refractivity contribution in [3.8, 4) is 0 Å². The molecule has 0 N–H and O–H groups in total. The van der Waals surface area contributed by atoms with E-state index >= 15 is 0 Å². The van der Waals surface area contributed by atoms with E-state index in [9.17, 15) is 0 Å². The zero-order valence-electron chi connectivity index (χ0n) is 41.8. The first kappa shape index (κ1) is 45.0. The van der Waals surface area contributed by atoms with E-state index in [1.807, 2.05) is 0 Å². The van der Waals surface area contributed by atoms with Crippen molar-refractivity contribution in [3.63, 3.8) is 0 Å². The average molecular weight is 939 g/mol. The molecule has 348 valence electrons. The molecular formula is C60H64N2O4P2. The Morgan fingerprint density at radius 1 is 0.309 bits per heavy atom. The van der Waals surface area contributed by atoms with E-state index in [1.54, 1.807) is 0 Å². The molecule has 2 aromatic heterocycles. The van der Waals surface area contributed by atoms with Crippen molar-refractivity contribution >= 4 is 103 Å². The predicted molar refractivity (Wildman–Crippen MR) is 293 cm³/mol. The quantitative estimate of drug-likeness (QED) is 0.172. The summed E-state index contributed by atoms with van der Waals surface area (Å²) in [7, 11) is -3.01. The monoisotopic (exact) mass is 938 g/mol. The van der Waals surface area contributed by atoms with Crippen molar-refractivity contribution in [1.29, 1.82) is 0 Å². The Morgan fingerprint density at radius 3 is 0.735 bits per heavy atom. The van der Waals surface area contributed by atoms with Crippen molar-refractivity contribution in [2.75, 3.05) is 35.5 Å². The minimum Gasteiger partial charge on any atom is -0.408 e. The topological polar surface area (TPSA) is 59.0 Å². The Morgan fingerprint density at radius 2 is 0.529 bits per heavy atom. The van der Waals surface area contributed by atoms with Crippen molar-refractivity contribution in [1.82, 2.24) is 0 Å². The van der Waals surface area contributed by atoms with Gasteiger partial charge in [-0.1, -0.05) is 180 Å². The molecule has 11 rings (SSSR count). The summed E-state index contributed by atoms with van der Waals surface area (Å²) < 4.78 is 33.3. The smallest absolute Gasteiger partial charge is 0.309 e. The fraction of sp³-hybridized carbons (Fsp3) is 0.333. The van der Waals surface area contributed by atoms with Crippen LogP contribution in [0.5, 0.6) is 0 Å². The Balaban J connectivity index is 1.04. The summed E-state index contributed by atoms with van der Waals surface area (Å²) in [5.74, 6) is 0. The predicted octanol–water partition coefficient (Wildman–Crippen LogP) is 18.3. The largest absolute Gasteiger partial charge is 0.408 e. The molecule has 0 amide bonds. The molecule has 0 unspecified atom stereocenters. The Bertz CT molecular complexity index is 3270. The van der Waals surface area contributed by atoms with Gasteiger partial charge < -0.3 is 16.8 Å². The van der Waals surface area contributed by atoms with E-state index in [0.29, 0.717) is 0 Å². The molecule has 1 aliphatic heterocycles. The van der Waals surface area contributed by atoms with Crippen LogP contribution >= 0.6 is 16.3 Å². The highest BCUT2D eigenvalue weighted by Gasteiger charge is 2.28. The molecule has 68 heavy (non-hydrogen) atoms. The van der Waals surface area contributed by atoms with Gasteiger partial charge in [-0.15, -0.1) is 0 Å². The molecule has 6 nitrogen and oxygen atoms in total. The van der Waals surface area contributed by atoms with E-state index in [0.717, 1.165) is 70.1 Å². The molecule has 1 fully saturated rings. The van der Waals surface area contributed by atoms with E-state index in [4.69, 9.17) is 16.8 Å². The van der Waals surface area contributed by atoms with Gasteiger partial charge in [-0.05, 0) is 111 Å². The summed E-state index contributed by atoms with van der Waals surface area (Å²) in [5, 5.41) is 13.9. The second kappa shape index (κ2) is 16.0. The maximum atomic E-state index is 7.14. The SMILES string of the molecule is CC(C)(C)c1ccc2c(ccc3op(N4CCN(p5oc6ccc7cc(C(C)(C)C)ccc7c6c6c(ccc7cc(C(C)(C)C)ccc76)o5)CC4)oc4ccc5cc(C(C)(C)C)ccc5c4c32)c1. The maximum Gasteiger partial charge on any atom is 0.309 e. The number of nitrogens with zero attached hydrogens (tertiary/aromatic N) is 2. The average Bonchev–Trinajstić information content (AvgIpc) is 3.58. The van der Waals surface area contributed by atoms with Crippen LogP contribution in [0.1, 0.15) is 105 Å². The number of hydrogen-bond donors (Lipinski definition) is 0. The molecule has 0 radical (unpaired) electrons. The van der Waals surface area contributed by atoms with Crippen LogP contribution in [0.2, 0.25) is 0 Å². The van der Waals surface area contributed by atoms with E-state index in [2.05, 4.69) is 214 Å². The van der Waals surface area contributed by atoms with Gasteiger partial charge in [0, 0.05) is 47.7 Å². The Labute approximate surface area is 402 Å². The first-order valence-electron chi connectivity index (χ1n) is 24.3. The molecule has 8 heteroatoms. The van der Waals surface area contributed by atoms with Crippen LogP contribution in [0, 0.1) is 0 Å². The number of benzene rings is 8. The third kappa shape index (κ3) is 7.92. The van der Waals surface area contributed by atoms with Gasteiger partial charge in [-0.25, -0.2) is 9.34 Å². The first-order valence-corrected chi connectivity index (χ1v) is 26.6. The summed E-state index contributed by atoms with van der Waals surface area (Å²) in [6, 6.07) is 45.3. The lowest BCUT2D eigenvalue weighted by Gasteiger charge is -2.29. The van der Waals surface area contributed by atoms with Gasteiger partial charge >= 0.3 is 16.3 Å². The zero-order valence-corrected chi connectivity index (χ0v) is 43.6. The molecule has 0 saturated carbocycles.